The van der Waals surface area contributed by atoms with Crippen molar-refractivity contribution in [3.63, 3.8) is 0 Å². The summed E-state index contributed by atoms with van der Waals surface area (Å²) in [6.07, 6.45) is 1.70. The van der Waals surface area contributed by atoms with Crippen LogP contribution < -0.4 is 10.1 Å². The van der Waals surface area contributed by atoms with Gasteiger partial charge in [0.25, 0.3) is 0 Å². The first kappa shape index (κ1) is 19.2. The van der Waals surface area contributed by atoms with Crippen molar-refractivity contribution in [1.82, 2.24) is 10.2 Å². The average Bonchev–Trinajstić information content (AvgIpc) is 2.65. The fraction of sp³-hybridized carbons (Fsp3) is 0.316. The van der Waals surface area contributed by atoms with Crippen molar-refractivity contribution in [3.05, 3.63) is 63.1 Å². The molecule has 2 aromatic rings. The van der Waals surface area contributed by atoms with Crippen molar-refractivity contribution >= 4 is 40.8 Å². The van der Waals surface area contributed by atoms with E-state index in [0.717, 1.165) is 24.2 Å². The van der Waals surface area contributed by atoms with Gasteiger partial charge in [-0.3, -0.25) is 0 Å². The lowest BCUT2D eigenvalue weighted by atomic mass is 10.1. The van der Waals surface area contributed by atoms with E-state index in [2.05, 4.69) is 5.32 Å². The number of hydrogen-bond acceptors (Lipinski definition) is 2. The van der Waals surface area contributed by atoms with Crippen molar-refractivity contribution in [3.8, 4) is 5.75 Å². The van der Waals surface area contributed by atoms with Crippen molar-refractivity contribution in [2.75, 3.05) is 13.1 Å². The molecule has 3 rings (SSSR count). The van der Waals surface area contributed by atoms with Gasteiger partial charge in [-0.15, -0.1) is 0 Å². The number of nitrogens with zero attached hydrogens (tertiary/aromatic N) is 1. The molecule has 138 valence electrons. The monoisotopic (exact) mass is 412 g/mol. The van der Waals surface area contributed by atoms with E-state index in [-0.39, 0.29) is 12.1 Å². The largest absolute Gasteiger partial charge is 0.490 e. The maximum absolute atomic E-state index is 12.3. The minimum atomic E-state index is -0.0824. The van der Waals surface area contributed by atoms with Crippen LogP contribution in [-0.4, -0.2) is 30.1 Å². The molecule has 1 aliphatic heterocycles. The normalized spacial score (nSPS) is 15.0. The van der Waals surface area contributed by atoms with Gasteiger partial charge in [0.15, 0.2) is 0 Å². The Bertz CT molecular complexity index is 760. The summed E-state index contributed by atoms with van der Waals surface area (Å²) in [5.41, 5.74) is 0.911. The Morgan fingerprint density at radius 1 is 1.04 bits per heavy atom. The lowest BCUT2D eigenvalue weighted by Gasteiger charge is -2.32. The van der Waals surface area contributed by atoms with Gasteiger partial charge >= 0.3 is 6.03 Å². The van der Waals surface area contributed by atoms with Crippen LogP contribution in [-0.2, 0) is 6.54 Å². The van der Waals surface area contributed by atoms with E-state index in [1.165, 1.54) is 0 Å². The molecule has 0 radical (unpaired) electrons. The van der Waals surface area contributed by atoms with E-state index < -0.39 is 0 Å². The molecule has 1 aliphatic rings. The number of hydrogen-bond donors (Lipinski definition) is 1. The van der Waals surface area contributed by atoms with Crippen LogP contribution in [0.5, 0.6) is 5.75 Å². The Labute approximate surface area is 168 Å². The second-order valence-electron chi connectivity index (χ2n) is 6.17. The van der Waals surface area contributed by atoms with Gasteiger partial charge in [0.1, 0.15) is 11.9 Å². The average molecular weight is 414 g/mol. The van der Waals surface area contributed by atoms with E-state index in [4.69, 9.17) is 39.5 Å². The highest BCUT2D eigenvalue weighted by Crippen LogP contribution is 2.23. The number of carbonyl (C=O) groups is 1. The third-order valence-electron chi connectivity index (χ3n) is 4.27. The number of likely N-dealkylation sites (tertiary alicyclic amines) is 1. The zero-order valence-corrected chi connectivity index (χ0v) is 16.3. The van der Waals surface area contributed by atoms with Crippen LogP contribution in [0.25, 0.3) is 0 Å². The number of carbonyl (C=O) groups excluding carboxylic acids is 1. The van der Waals surface area contributed by atoms with Crippen LogP contribution >= 0.6 is 34.8 Å². The zero-order chi connectivity index (χ0) is 18.5. The first-order valence-electron chi connectivity index (χ1n) is 8.40. The second-order valence-corrected chi connectivity index (χ2v) is 7.42. The number of urea groups is 1. The van der Waals surface area contributed by atoms with Crippen LogP contribution in [0.2, 0.25) is 15.1 Å². The minimum Gasteiger partial charge on any atom is -0.490 e. The number of benzene rings is 2. The summed E-state index contributed by atoms with van der Waals surface area (Å²) < 4.78 is 5.95. The fourth-order valence-electron chi connectivity index (χ4n) is 2.82. The zero-order valence-electron chi connectivity index (χ0n) is 14.1. The summed E-state index contributed by atoms with van der Waals surface area (Å²) in [5, 5.41) is 4.59. The lowest BCUT2D eigenvalue weighted by molar-refractivity contribution is 0.111. The van der Waals surface area contributed by atoms with Gasteiger partial charge in [-0.25, -0.2) is 4.79 Å². The van der Waals surface area contributed by atoms with Crippen molar-refractivity contribution in [1.29, 1.82) is 0 Å². The standard InChI is InChI=1S/C19H19Cl3N2O2/c20-14-2-4-15(5-3-14)26-16-7-9-24(10-8-16)19(25)23-12-13-1-6-17(21)18(22)11-13/h1-6,11,16H,7-10,12H2,(H,23,25). The number of amides is 2. The van der Waals surface area contributed by atoms with Crippen LogP contribution in [0.15, 0.2) is 42.5 Å². The molecular weight excluding hydrogens is 395 g/mol. The Hall–Kier alpha value is -1.62. The molecule has 1 fully saturated rings. The molecule has 2 aromatic carbocycles. The molecule has 0 spiro atoms. The summed E-state index contributed by atoms with van der Waals surface area (Å²) in [7, 11) is 0. The Kier molecular flexibility index (Phi) is 6.52. The Balaban J connectivity index is 1.44. The molecule has 0 atom stereocenters. The number of halogens is 3. The highest BCUT2D eigenvalue weighted by molar-refractivity contribution is 6.42. The van der Waals surface area contributed by atoms with Gasteiger partial charge in [0.2, 0.25) is 0 Å². The Morgan fingerprint density at radius 2 is 1.73 bits per heavy atom. The van der Waals surface area contributed by atoms with Crippen molar-refractivity contribution in [2.45, 2.75) is 25.5 Å². The number of ether oxygens (including phenoxy) is 1. The second kappa shape index (κ2) is 8.85. The molecule has 0 aliphatic carbocycles. The predicted molar refractivity (Wildman–Crippen MR) is 105 cm³/mol. The lowest BCUT2D eigenvalue weighted by Crippen LogP contribution is -2.46. The molecule has 2 amide bonds. The van der Waals surface area contributed by atoms with Gasteiger partial charge in [-0.05, 0) is 42.0 Å². The van der Waals surface area contributed by atoms with Gasteiger partial charge in [-0.1, -0.05) is 40.9 Å². The van der Waals surface area contributed by atoms with Crippen LogP contribution in [0.1, 0.15) is 18.4 Å². The molecule has 0 bridgehead atoms. The van der Waals surface area contributed by atoms with Crippen molar-refractivity contribution in [2.24, 2.45) is 0 Å². The molecule has 1 saturated heterocycles. The SMILES string of the molecule is O=C(NCc1ccc(Cl)c(Cl)c1)N1CCC(Oc2ccc(Cl)cc2)CC1. The fourth-order valence-corrected chi connectivity index (χ4v) is 3.27. The summed E-state index contributed by atoms with van der Waals surface area (Å²) in [6.45, 7) is 1.73. The molecule has 4 nitrogen and oxygen atoms in total. The number of nitrogens with one attached hydrogen (secondary N) is 1. The van der Waals surface area contributed by atoms with Gasteiger partial charge in [0, 0.05) is 37.5 Å². The first-order chi connectivity index (χ1) is 12.5. The molecule has 26 heavy (non-hydrogen) atoms. The summed E-state index contributed by atoms with van der Waals surface area (Å²) in [4.78, 5) is 14.1. The summed E-state index contributed by atoms with van der Waals surface area (Å²) in [5.74, 6) is 0.803. The maximum Gasteiger partial charge on any atom is 0.317 e. The van der Waals surface area contributed by atoms with E-state index in [1.54, 1.807) is 17.0 Å². The third-order valence-corrected chi connectivity index (χ3v) is 5.26. The highest BCUT2D eigenvalue weighted by Gasteiger charge is 2.23. The highest BCUT2D eigenvalue weighted by atomic mass is 35.5. The summed E-state index contributed by atoms with van der Waals surface area (Å²) >= 11 is 17.8. The van der Waals surface area contributed by atoms with Crippen LogP contribution in [0.4, 0.5) is 4.79 Å². The third kappa shape index (κ3) is 5.19. The van der Waals surface area contributed by atoms with Gasteiger partial charge in [0.05, 0.1) is 10.0 Å². The van der Waals surface area contributed by atoms with Crippen LogP contribution in [0.3, 0.4) is 0 Å². The molecule has 0 saturated carbocycles. The molecule has 0 unspecified atom stereocenters. The van der Waals surface area contributed by atoms with Crippen molar-refractivity contribution < 1.29 is 9.53 Å². The van der Waals surface area contributed by atoms with Gasteiger partial charge < -0.3 is 15.0 Å². The predicted octanol–water partition coefficient (Wildman–Crippen LogP) is 5.40. The van der Waals surface area contributed by atoms with Crippen LogP contribution in [0, 0.1) is 0 Å². The van der Waals surface area contributed by atoms with Gasteiger partial charge in [-0.2, -0.15) is 0 Å². The quantitative estimate of drug-likeness (QED) is 0.729. The van der Waals surface area contributed by atoms with E-state index >= 15 is 0 Å². The van der Waals surface area contributed by atoms with E-state index in [9.17, 15) is 4.79 Å². The minimum absolute atomic E-state index is 0.0824. The maximum atomic E-state index is 12.3. The Morgan fingerprint density at radius 3 is 2.38 bits per heavy atom. The molecular formula is C19H19Cl3N2O2. The smallest absolute Gasteiger partial charge is 0.317 e. The number of rotatable bonds is 4. The molecule has 7 heteroatoms. The van der Waals surface area contributed by atoms with E-state index in [0.29, 0.717) is 34.7 Å². The molecule has 1 N–H and O–H groups in total. The summed E-state index contributed by atoms with van der Waals surface area (Å²) in [6, 6.07) is 12.6. The molecule has 0 aromatic heterocycles. The first-order valence-corrected chi connectivity index (χ1v) is 9.53. The topological polar surface area (TPSA) is 41.6 Å². The molecule has 1 heterocycles. The van der Waals surface area contributed by atoms with E-state index in [1.807, 2.05) is 30.3 Å². The number of piperidine rings is 1.